The molecule has 0 saturated heterocycles. The van der Waals surface area contributed by atoms with E-state index in [1.807, 2.05) is 0 Å². The van der Waals surface area contributed by atoms with Crippen LogP contribution in [-0.2, 0) is 30.9 Å². The molecule has 0 bridgehead atoms. The number of aromatic carboxylic acids is 1. The van der Waals surface area contributed by atoms with Crippen LogP contribution in [0.1, 0.15) is 32.7 Å². The van der Waals surface area contributed by atoms with E-state index in [9.17, 15) is 9.90 Å². The fraction of sp³-hybridized carbons (Fsp3) is 0.412. The predicted molar refractivity (Wildman–Crippen MR) is 85.5 cm³/mol. The van der Waals surface area contributed by atoms with Gasteiger partial charge in [0.15, 0.2) is 0 Å². The quantitative estimate of drug-likeness (QED) is 0.911. The molecule has 1 N–H and O–H groups in total. The van der Waals surface area contributed by atoms with Gasteiger partial charge in [-0.1, -0.05) is 18.2 Å². The van der Waals surface area contributed by atoms with Crippen LogP contribution in [0.4, 0.5) is 0 Å². The summed E-state index contributed by atoms with van der Waals surface area (Å²) in [7, 11) is 3.66. The van der Waals surface area contributed by atoms with Gasteiger partial charge in [-0.25, -0.2) is 4.79 Å². The third kappa shape index (κ3) is 3.43. The molecule has 0 amide bonds. The van der Waals surface area contributed by atoms with Crippen molar-refractivity contribution in [2.24, 2.45) is 0 Å². The number of hydrogen-bond donors (Lipinski definition) is 1. The van der Waals surface area contributed by atoms with Gasteiger partial charge in [-0.2, -0.15) is 5.10 Å². The summed E-state index contributed by atoms with van der Waals surface area (Å²) in [5.74, 6) is -0.977. The summed E-state index contributed by atoms with van der Waals surface area (Å²) >= 11 is 0. The van der Waals surface area contributed by atoms with Crippen molar-refractivity contribution in [3.8, 4) is 0 Å². The Morgan fingerprint density at radius 3 is 2.96 bits per heavy atom. The molecule has 1 aromatic carbocycles. The predicted octanol–water partition coefficient (Wildman–Crippen LogP) is 1.76. The van der Waals surface area contributed by atoms with Crippen LogP contribution in [0.3, 0.4) is 0 Å². The van der Waals surface area contributed by atoms with E-state index in [-0.39, 0.29) is 12.2 Å². The van der Waals surface area contributed by atoms with Crippen LogP contribution < -0.4 is 0 Å². The molecule has 1 aromatic heterocycles. The fourth-order valence-electron chi connectivity index (χ4n) is 3.00. The number of benzene rings is 1. The minimum absolute atomic E-state index is 0.198. The molecule has 0 spiro atoms. The van der Waals surface area contributed by atoms with E-state index < -0.39 is 5.97 Å². The minimum Gasteiger partial charge on any atom is -0.478 e. The van der Waals surface area contributed by atoms with Crippen LogP contribution in [0, 0.1) is 0 Å². The number of fused-ring (bicyclic) bond motifs is 1. The van der Waals surface area contributed by atoms with Gasteiger partial charge in [-0.3, -0.25) is 4.68 Å². The molecule has 0 unspecified atom stereocenters. The summed E-state index contributed by atoms with van der Waals surface area (Å²) < 4.78 is 6.70. The lowest BCUT2D eigenvalue weighted by Gasteiger charge is -2.25. The van der Waals surface area contributed by atoms with Crippen molar-refractivity contribution in [1.29, 1.82) is 0 Å². The molecule has 6 heteroatoms. The summed E-state index contributed by atoms with van der Waals surface area (Å²) in [4.78, 5) is 13.6. The second-order valence-electron chi connectivity index (χ2n) is 6.02. The highest BCUT2D eigenvalue weighted by atomic mass is 16.5. The molecule has 3 rings (SSSR count). The number of ether oxygens (including phenoxy) is 1. The number of aromatic nitrogens is 2. The lowest BCUT2D eigenvalue weighted by molar-refractivity contribution is 0.0691. The fourth-order valence-corrected chi connectivity index (χ4v) is 3.00. The zero-order valence-corrected chi connectivity index (χ0v) is 13.5. The number of carbonyl (C=O) groups is 1. The van der Waals surface area contributed by atoms with Crippen molar-refractivity contribution >= 4 is 5.97 Å². The number of carboxylic acid groups (broad SMARTS) is 1. The van der Waals surface area contributed by atoms with Gasteiger partial charge < -0.3 is 14.7 Å². The summed E-state index contributed by atoms with van der Waals surface area (Å²) in [6.45, 7) is 2.80. The number of nitrogens with zero attached hydrogens (tertiary/aromatic N) is 3. The highest BCUT2D eigenvalue weighted by Gasteiger charge is 2.16. The largest absolute Gasteiger partial charge is 0.478 e. The minimum atomic E-state index is -0.977. The van der Waals surface area contributed by atoms with Crippen molar-refractivity contribution in [2.75, 3.05) is 20.7 Å². The van der Waals surface area contributed by atoms with E-state index in [2.05, 4.69) is 35.2 Å². The van der Waals surface area contributed by atoms with Gasteiger partial charge >= 0.3 is 5.97 Å². The molecule has 0 radical (unpaired) electrons. The topological polar surface area (TPSA) is 67.6 Å². The molecule has 0 atom stereocenters. The third-order valence-electron chi connectivity index (χ3n) is 4.17. The summed E-state index contributed by atoms with van der Waals surface area (Å²) in [6, 6.07) is 6.47. The Hall–Kier alpha value is -2.18. The van der Waals surface area contributed by atoms with Crippen molar-refractivity contribution in [2.45, 2.75) is 26.1 Å². The Labute approximate surface area is 135 Å². The maximum absolute atomic E-state index is 11.3. The molecule has 1 aliphatic heterocycles. The molecule has 0 fully saturated rings. The SMILES string of the molecule is COCc1nn(Cc2ccc3c(c2)CN(C)CC3)cc1C(=O)O. The van der Waals surface area contributed by atoms with Crippen molar-refractivity contribution in [3.63, 3.8) is 0 Å². The van der Waals surface area contributed by atoms with E-state index in [1.54, 1.807) is 10.9 Å². The first kappa shape index (κ1) is 15.7. The van der Waals surface area contributed by atoms with Gasteiger partial charge in [0.2, 0.25) is 0 Å². The van der Waals surface area contributed by atoms with Gasteiger partial charge in [-0.05, 0) is 30.2 Å². The Kier molecular flexibility index (Phi) is 4.45. The maximum Gasteiger partial charge on any atom is 0.339 e. The average Bonchev–Trinajstić information content (AvgIpc) is 2.90. The lowest BCUT2D eigenvalue weighted by atomic mass is 9.98. The van der Waals surface area contributed by atoms with E-state index in [1.165, 1.54) is 18.2 Å². The van der Waals surface area contributed by atoms with Crippen LogP contribution in [0.2, 0.25) is 0 Å². The van der Waals surface area contributed by atoms with Crippen LogP contribution >= 0.6 is 0 Å². The van der Waals surface area contributed by atoms with E-state index >= 15 is 0 Å². The third-order valence-corrected chi connectivity index (χ3v) is 4.17. The molecule has 2 aromatic rings. The van der Waals surface area contributed by atoms with Crippen LogP contribution in [0.25, 0.3) is 0 Å². The number of likely N-dealkylation sites (N-methyl/N-ethyl adjacent to an activating group) is 1. The van der Waals surface area contributed by atoms with Crippen LogP contribution in [0.5, 0.6) is 0 Å². The van der Waals surface area contributed by atoms with Crippen molar-refractivity contribution < 1.29 is 14.6 Å². The molecule has 0 saturated carbocycles. The first-order chi connectivity index (χ1) is 11.1. The van der Waals surface area contributed by atoms with Crippen molar-refractivity contribution in [3.05, 3.63) is 52.3 Å². The Bertz CT molecular complexity index is 724. The Morgan fingerprint density at radius 1 is 1.39 bits per heavy atom. The Morgan fingerprint density at radius 2 is 2.22 bits per heavy atom. The van der Waals surface area contributed by atoms with Gasteiger partial charge in [0.05, 0.1) is 13.2 Å². The monoisotopic (exact) mass is 315 g/mol. The normalized spacial score (nSPS) is 14.7. The number of hydrogen-bond acceptors (Lipinski definition) is 4. The summed E-state index contributed by atoms with van der Waals surface area (Å²) in [6.07, 6.45) is 2.65. The number of carboxylic acids is 1. The summed E-state index contributed by atoms with van der Waals surface area (Å²) in [5.41, 5.74) is 4.53. The number of rotatable bonds is 5. The first-order valence-electron chi connectivity index (χ1n) is 7.64. The summed E-state index contributed by atoms with van der Waals surface area (Å²) in [5, 5.41) is 13.6. The molecule has 2 heterocycles. The smallest absolute Gasteiger partial charge is 0.339 e. The van der Waals surface area contributed by atoms with Gasteiger partial charge in [0.25, 0.3) is 0 Å². The number of methoxy groups -OCH3 is 1. The second kappa shape index (κ2) is 6.52. The van der Waals surface area contributed by atoms with E-state index in [0.29, 0.717) is 12.2 Å². The molecule has 23 heavy (non-hydrogen) atoms. The average molecular weight is 315 g/mol. The second-order valence-corrected chi connectivity index (χ2v) is 6.02. The lowest BCUT2D eigenvalue weighted by Crippen LogP contribution is -2.26. The van der Waals surface area contributed by atoms with Gasteiger partial charge in [-0.15, -0.1) is 0 Å². The highest BCUT2D eigenvalue weighted by molar-refractivity contribution is 5.88. The zero-order chi connectivity index (χ0) is 16.4. The Balaban J connectivity index is 1.83. The molecule has 122 valence electrons. The molecule has 6 nitrogen and oxygen atoms in total. The molecule has 1 aliphatic rings. The van der Waals surface area contributed by atoms with E-state index in [4.69, 9.17) is 4.74 Å². The molecule has 0 aliphatic carbocycles. The van der Waals surface area contributed by atoms with Crippen LogP contribution in [-0.4, -0.2) is 46.5 Å². The highest BCUT2D eigenvalue weighted by Crippen LogP contribution is 2.20. The maximum atomic E-state index is 11.3. The molecular weight excluding hydrogens is 294 g/mol. The van der Waals surface area contributed by atoms with Gasteiger partial charge in [0.1, 0.15) is 11.3 Å². The zero-order valence-electron chi connectivity index (χ0n) is 13.5. The van der Waals surface area contributed by atoms with Crippen molar-refractivity contribution in [1.82, 2.24) is 14.7 Å². The van der Waals surface area contributed by atoms with E-state index in [0.717, 1.165) is 25.1 Å². The van der Waals surface area contributed by atoms with Gasteiger partial charge in [0, 0.05) is 26.4 Å². The molecular formula is C17H21N3O3. The standard InChI is InChI=1S/C17H21N3O3/c1-19-6-5-13-4-3-12(7-14(13)9-19)8-20-10-15(17(21)22)16(18-20)11-23-2/h3-4,7,10H,5-6,8-9,11H2,1-2H3,(H,21,22). The van der Waals surface area contributed by atoms with Crippen LogP contribution in [0.15, 0.2) is 24.4 Å². The first-order valence-corrected chi connectivity index (χ1v) is 7.64.